The Balaban J connectivity index is 2.74. The molecule has 0 aliphatic heterocycles. The lowest BCUT2D eigenvalue weighted by Gasteiger charge is -2.29. The molecule has 1 aromatic rings. The van der Waals surface area contributed by atoms with E-state index >= 15 is 0 Å². The van der Waals surface area contributed by atoms with Crippen molar-refractivity contribution in [1.82, 2.24) is 10.6 Å². The van der Waals surface area contributed by atoms with E-state index in [1.54, 1.807) is 0 Å². The molecule has 2 amide bonds. The van der Waals surface area contributed by atoms with E-state index in [-0.39, 0.29) is 11.8 Å². The van der Waals surface area contributed by atoms with Gasteiger partial charge in [-0.1, -0.05) is 27.7 Å². The highest BCUT2D eigenvalue weighted by atomic mass is 19.1. The predicted octanol–water partition coefficient (Wildman–Crippen LogP) is 2.21. The van der Waals surface area contributed by atoms with Crippen molar-refractivity contribution >= 4 is 11.8 Å². The van der Waals surface area contributed by atoms with E-state index in [4.69, 9.17) is 5.73 Å². The molecule has 0 aliphatic carbocycles. The number of hydrogen-bond acceptors (Lipinski definition) is 3. The van der Waals surface area contributed by atoms with Gasteiger partial charge < -0.3 is 16.4 Å². The number of carbonyl (C=O) groups is 2. The van der Waals surface area contributed by atoms with Crippen LogP contribution in [0.2, 0.25) is 0 Å². The molecule has 1 atom stereocenters. The van der Waals surface area contributed by atoms with Crippen LogP contribution in [0.25, 0.3) is 0 Å². The van der Waals surface area contributed by atoms with Crippen LogP contribution in [0.15, 0.2) is 24.3 Å². The van der Waals surface area contributed by atoms with Crippen LogP contribution < -0.4 is 16.4 Å². The molecule has 24 heavy (non-hydrogen) atoms. The molecule has 0 heterocycles. The van der Waals surface area contributed by atoms with Gasteiger partial charge in [-0.05, 0) is 43.0 Å². The number of rotatable bonds is 8. The molecular formula is C18H28FN3O2. The number of carbonyl (C=O) groups excluding carboxylic acids is 2. The Kier molecular flexibility index (Phi) is 7.35. The highest BCUT2D eigenvalue weighted by molar-refractivity contribution is 5.97. The van der Waals surface area contributed by atoms with E-state index < -0.39 is 23.3 Å². The molecule has 0 fully saturated rings. The Bertz CT molecular complexity index is 554. The summed E-state index contributed by atoms with van der Waals surface area (Å²) in [4.78, 5) is 24.7. The molecule has 0 spiro atoms. The summed E-state index contributed by atoms with van der Waals surface area (Å²) in [6.45, 7) is 8.02. The van der Waals surface area contributed by atoms with E-state index in [1.807, 2.05) is 27.7 Å². The average Bonchev–Trinajstić information content (AvgIpc) is 2.57. The summed E-state index contributed by atoms with van der Waals surface area (Å²) in [5, 5.41) is 5.54. The van der Waals surface area contributed by atoms with Gasteiger partial charge in [0.15, 0.2) is 0 Å². The zero-order valence-corrected chi connectivity index (χ0v) is 14.9. The molecule has 0 radical (unpaired) electrons. The maximum absolute atomic E-state index is 12.9. The minimum absolute atomic E-state index is 0.0928. The van der Waals surface area contributed by atoms with Crippen LogP contribution >= 0.6 is 0 Å². The molecule has 134 valence electrons. The van der Waals surface area contributed by atoms with Gasteiger partial charge >= 0.3 is 0 Å². The van der Waals surface area contributed by atoms with Crippen LogP contribution in [-0.2, 0) is 4.79 Å². The van der Waals surface area contributed by atoms with Crippen molar-refractivity contribution in [2.45, 2.75) is 52.1 Å². The van der Waals surface area contributed by atoms with Crippen molar-refractivity contribution in [2.24, 2.45) is 11.7 Å². The first-order chi connectivity index (χ1) is 11.2. The molecule has 6 heteroatoms. The van der Waals surface area contributed by atoms with Gasteiger partial charge in [-0.2, -0.15) is 0 Å². The molecule has 0 aromatic heterocycles. The fraction of sp³-hybridized carbons (Fsp3) is 0.556. The van der Waals surface area contributed by atoms with Gasteiger partial charge in [0.2, 0.25) is 5.91 Å². The molecule has 5 nitrogen and oxygen atoms in total. The van der Waals surface area contributed by atoms with E-state index in [2.05, 4.69) is 10.6 Å². The summed E-state index contributed by atoms with van der Waals surface area (Å²) in [5.74, 6) is -1.18. The number of nitrogens with one attached hydrogen (secondary N) is 2. The molecule has 1 aromatic carbocycles. The standard InChI is InChI=1S/C18H28FN3O2/c1-5-18(20,6-2)11-21-17(24)15(12(3)4)22-16(23)13-7-9-14(19)10-8-13/h7-10,12,15H,5-6,11,20H2,1-4H3,(H,21,24)(H,22,23). The van der Waals surface area contributed by atoms with Crippen LogP contribution in [0.4, 0.5) is 4.39 Å². The molecule has 4 N–H and O–H groups in total. The summed E-state index contributed by atoms with van der Waals surface area (Å²) in [5.41, 5.74) is 6.05. The Hall–Kier alpha value is -1.95. The topological polar surface area (TPSA) is 84.2 Å². The summed E-state index contributed by atoms with van der Waals surface area (Å²) in [6.07, 6.45) is 1.50. The van der Waals surface area contributed by atoms with Crippen LogP contribution in [0, 0.1) is 11.7 Å². The van der Waals surface area contributed by atoms with Crippen molar-refractivity contribution < 1.29 is 14.0 Å². The van der Waals surface area contributed by atoms with E-state index in [9.17, 15) is 14.0 Å². The number of hydrogen-bond donors (Lipinski definition) is 3. The fourth-order valence-electron chi connectivity index (χ4n) is 2.23. The summed E-state index contributed by atoms with van der Waals surface area (Å²) in [7, 11) is 0. The van der Waals surface area contributed by atoms with Crippen molar-refractivity contribution in [3.05, 3.63) is 35.6 Å². The number of amides is 2. The van der Waals surface area contributed by atoms with Gasteiger partial charge in [0.1, 0.15) is 11.9 Å². The third-order valence-corrected chi connectivity index (χ3v) is 4.37. The Labute approximate surface area is 143 Å². The van der Waals surface area contributed by atoms with Gasteiger partial charge in [0.05, 0.1) is 0 Å². The molecule has 0 bridgehead atoms. The van der Waals surface area contributed by atoms with Crippen molar-refractivity contribution in [2.75, 3.05) is 6.54 Å². The van der Waals surface area contributed by atoms with Crippen molar-refractivity contribution in [3.8, 4) is 0 Å². The summed E-state index contributed by atoms with van der Waals surface area (Å²) in [6, 6.07) is 4.52. The number of nitrogens with two attached hydrogens (primary N) is 1. The van der Waals surface area contributed by atoms with E-state index in [1.165, 1.54) is 24.3 Å². The molecule has 1 unspecified atom stereocenters. The fourth-order valence-corrected chi connectivity index (χ4v) is 2.23. The lowest BCUT2D eigenvalue weighted by Crippen LogP contribution is -2.55. The molecule has 0 saturated heterocycles. The third-order valence-electron chi connectivity index (χ3n) is 4.37. The minimum Gasteiger partial charge on any atom is -0.352 e. The van der Waals surface area contributed by atoms with Gasteiger partial charge in [-0.15, -0.1) is 0 Å². The largest absolute Gasteiger partial charge is 0.352 e. The predicted molar refractivity (Wildman–Crippen MR) is 93.0 cm³/mol. The zero-order valence-electron chi connectivity index (χ0n) is 14.9. The molecule has 1 rings (SSSR count). The van der Waals surface area contributed by atoms with Crippen LogP contribution in [-0.4, -0.2) is 29.9 Å². The molecule has 0 aliphatic rings. The highest BCUT2D eigenvalue weighted by Gasteiger charge is 2.27. The van der Waals surface area contributed by atoms with Crippen LogP contribution in [0.3, 0.4) is 0 Å². The molecule has 0 saturated carbocycles. The van der Waals surface area contributed by atoms with Gasteiger partial charge in [0.25, 0.3) is 5.91 Å². The average molecular weight is 337 g/mol. The quantitative estimate of drug-likeness (QED) is 0.680. The van der Waals surface area contributed by atoms with E-state index in [0.29, 0.717) is 12.1 Å². The van der Waals surface area contributed by atoms with E-state index in [0.717, 1.165) is 12.8 Å². The Morgan fingerprint density at radius 1 is 1.17 bits per heavy atom. The van der Waals surface area contributed by atoms with Crippen LogP contribution in [0.5, 0.6) is 0 Å². The second-order valence-electron chi connectivity index (χ2n) is 6.49. The van der Waals surface area contributed by atoms with Gasteiger partial charge in [-0.25, -0.2) is 4.39 Å². The SMILES string of the molecule is CCC(N)(CC)CNC(=O)C(NC(=O)c1ccc(F)cc1)C(C)C. The normalized spacial score (nSPS) is 12.8. The second kappa shape index (κ2) is 8.78. The van der Waals surface area contributed by atoms with Crippen molar-refractivity contribution in [1.29, 1.82) is 0 Å². The van der Waals surface area contributed by atoms with Gasteiger partial charge in [-0.3, -0.25) is 9.59 Å². The van der Waals surface area contributed by atoms with Crippen molar-refractivity contribution in [3.63, 3.8) is 0 Å². The Morgan fingerprint density at radius 3 is 2.17 bits per heavy atom. The van der Waals surface area contributed by atoms with Gasteiger partial charge in [0, 0.05) is 17.6 Å². The number of benzene rings is 1. The minimum atomic E-state index is -0.680. The maximum atomic E-state index is 12.9. The summed E-state index contributed by atoms with van der Waals surface area (Å²) < 4.78 is 12.9. The lowest BCUT2D eigenvalue weighted by molar-refractivity contribution is -0.124. The lowest BCUT2D eigenvalue weighted by atomic mass is 9.94. The Morgan fingerprint density at radius 2 is 1.71 bits per heavy atom. The third kappa shape index (κ3) is 5.60. The molecular weight excluding hydrogens is 309 g/mol. The highest BCUT2D eigenvalue weighted by Crippen LogP contribution is 2.11. The monoisotopic (exact) mass is 337 g/mol. The van der Waals surface area contributed by atoms with Crippen LogP contribution in [0.1, 0.15) is 50.9 Å². The first kappa shape index (κ1) is 20.1. The first-order valence-electron chi connectivity index (χ1n) is 8.35. The maximum Gasteiger partial charge on any atom is 0.251 e. The number of halogens is 1. The zero-order chi connectivity index (χ0) is 18.3. The summed E-state index contributed by atoms with van der Waals surface area (Å²) >= 11 is 0. The first-order valence-corrected chi connectivity index (χ1v) is 8.35. The smallest absolute Gasteiger partial charge is 0.251 e. The second-order valence-corrected chi connectivity index (χ2v) is 6.49.